The summed E-state index contributed by atoms with van der Waals surface area (Å²) in [6, 6.07) is 12.8. The highest BCUT2D eigenvalue weighted by molar-refractivity contribution is 7.80. The minimum absolute atomic E-state index is 0.0268. The first kappa shape index (κ1) is 30.2. The molecular weight excluding hydrogens is 649 g/mol. The van der Waals surface area contributed by atoms with Crippen LogP contribution in [0.3, 0.4) is 0 Å². The number of rotatable bonds is 8. The van der Waals surface area contributed by atoms with Crippen LogP contribution in [0, 0.1) is 20.2 Å². The van der Waals surface area contributed by atoms with Gasteiger partial charge in [-0.05, 0) is 42.5 Å². The number of nitro benzene ring substituents is 2. The zero-order valence-electron chi connectivity index (χ0n) is 21.4. The van der Waals surface area contributed by atoms with Crippen molar-refractivity contribution in [3.05, 3.63) is 91.5 Å². The van der Waals surface area contributed by atoms with Crippen molar-refractivity contribution in [3.8, 4) is 0 Å². The number of benzene rings is 3. The predicted molar refractivity (Wildman–Crippen MR) is 162 cm³/mol. The second kappa shape index (κ2) is 12.1. The fraction of sp³-hybridized carbons (Fsp3) is 0.0417. The van der Waals surface area contributed by atoms with Crippen molar-refractivity contribution in [2.45, 2.75) is 6.18 Å². The number of nitrogens with one attached hydrogen (secondary N) is 4. The van der Waals surface area contributed by atoms with Gasteiger partial charge in [0.15, 0.2) is 15.8 Å². The number of nitro groups is 2. The molecule has 0 saturated carbocycles. The Morgan fingerprint density at radius 2 is 1.48 bits per heavy atom. The maximum atomic E-state index is 13.1. The first-order valence-corrected chi connectivity index (χ1v) is 13.5. The van der Waals surface area contributed by atoms with Gasteiger partial charge in [-0.15, -0.1) is 0 Å². The molecule has 14 nitrogen and oxygen atoms in total. The Bertz CT molecular complexity index is 1940. The van der Waals surface area contributed by atoms with E-state index in [0.717, 1.165) is 29.5 Å². The normalized spacial score (nSPS) is 11.2. The molecule has 0 aliphatic heterocycles. The second-order valence-electron chi connectivity index (χ2n) is 8.50. The molecule has 5 rings (SSSR count). The van der Waals surface area contributed by atoms with Crippen LogP contribution in [0.5, 0.6) is 0 Å². The number of hydrogen-bond acceptors (Lipinski definition) is 12. The third kappa shape index (κ3) is 6.85. The van der Waals surface area contributed by atoms with Crippen molar-refractivity contribution < 1.29 is 23.0 Å². The smallest absolute Gasteiger partial charge is 0.327 e. The van der Waals surface area contributed by atoms with E-state index in [1.54, 1.807) is 12.1 Å². The first-order valence-electron chi connectivity index (χ1n) is 11.9. The Kier molecular flexibility index (Phi) is 8.34. The van der Waals surface area contributed by atoms with Crippen LogP contribution < -0.4 is 21.3 Å². The van der Waals surface area contributed by atoms with Gasteiger partial charge in [0.05, 0.1) is 30.8 Å². The van der Waals surface area contributed by atoms with Crippen LogP contribution in [-0.2, 0) is 6.18 Å². The maximum Gasteiger partial charge on any atom is 0.416 e. The van der Waals surface area contributed by atoms with Crippen molar-refractivity contribution in [2.75, 3.05) is 21.3 Å². The zero-order valence-corrected chi connectivity index (χ0v) is 23.8. The minimum atomic E-state index is -4.62. The lowest BCUT2D eigenvalue weighted by atomic mass is 10.2. The molecule has 5 aromatic rings. The molecule has 0 bridgehead atoms. The minimum Gasteiger partial charge on any atom is -0.327 e. The van der Waals surface area contributed by atoms with Crippen molar-refractivity contribution in [1.29, 1.82) is 0 Å². The van der Waals surface area contributed by atoms with Gasteiger partial charge in [0.1, 0.15) is 5.69 Å². The number of anilines is 6. The zero-order chi connectivity index (χ0) is 31.6. The van der Waals surface area contributed by atoms with Crippen molar-refractivity contribution in [1.82, 2.24) is 19.9 Å². The van der Waals surface area contributed by atoms with Gasteiger partial charge in [-0.3, -0.25) is 25.5 Å². The largest absolute Gasteiger partial charge is 0.416 e. The quantitative estimate of drug-likeness (QED) is 0.0739. The van der Waals surface area contributed by atoms with Crippen molar-refractivity contribution in [3.63, 3.8) is 0 Å². The van der Waals surface area contributed by atoms with E-state index in [4.69, 9.17) is 23.8 Å². The molecule has 2 aromatic heterocycles. The molecule has 3 aromatic carbocycles. The van der Waals surface area contributed by atoms with Gasteiger partial charge in [-0.25, -0.2) is 4.98 Å². The molecule has 44 heavy (non-hydrogen) atoms. The van der Waals surface area contributed by atoms with E-state index in [0.29, 0.717) is 4.70 Å². The van der Waals surface area contributed by atoms with E-state index >= 15 is 0 Å². The van der Waals surface area contributed by atoms with E-state index in [9.17, 15) is 33.4 Å². The summed E-state index contributed by atoms with van der Waals surface area (Å²) in [5.41, 5.74) is -1.20. The Labute approximate surface area is 257 Å². The summed E-state index contributed by atoms with van der Waals surface area (Å²) in [5.74, 6) is -0.549. The number of non-ortho nitro benzene ring substituents is 1. The van der Waals surface area contributed by atoms with Crippen LogP contribution in [0.1, 0.15) is 5.56 Å². The van der Waals surface area contributed by atoms with Gasteiger partial charge in [-0.2, -0.15) is 28.1 Å². The van der Waals surface area contributed by atoms with Crippen LogP contribution in [0.2, 0.25) is 5.02 Å². The molecule has 0 atom stereocenters. The molecule has 0 amide bonds. The van der Waals surface area contributed by atoms with E-state index in [-0.39, 0.29) is 61.4 Å². The number of thiocarbonyl (C=S) groups is 1. The summed E-state index contributed by atoms with van der Waals surface area (Å²) in [4.78, 5) is 38.4. The van der Waals surface area contributed by atoms with Crippen molar-refractivity contribution >= 4 is 96.2 Å². The highest BCUT2D eigenvalue weighted by Crippen LogP contribution is 2.36. The number of fused-ring (bicyclic) bond motifs is 1. The van der Waals surface area contributed by atoms with E-state index in [1.807, 2.05) is 0 Å². The topological polar surface area (TPSA) is 186 Å². The molecule has 0 aliphatic rings. The van der Waals surface area contributed by atoms with Gasteiger partial charge in [0.25, 0.3) is 11.4 Å². The average molecular weight is 663 g/mol. The number of alkyl halides is 3. The van der Waals surface area contributed by atoms with Crippen molar-refractivity contribution in [2.24, 2.45) is 0 Å². The molecule has 0 aliphatic carbocycles. The van der Waals surface area contributed by atoms with Crippen LogP contribution in [0.25, 0.3) is 10.2 Å². The molecule has 0 saturated heterocycles. The van der Waals surface area contributed by atoms with Gasteiger partial charge in [0.2, 0.25) is 17.8 Å². The lowest BCUT2D eigenvalue weighted by Gasteiger charge is -2.13. The fourth-order valence-corrected chi connectivity index (χ4v) is 4.99. The predicted octanol–water partition coefficient (Wildman–Crippen LogP) is 7.27. The third-order valence-electron chi connectivity index (χ3n) is 5.57. The number of thiazole rings is 1. The Morgan fingerprint density at radius 3 is 2.16 bits per heavy atom. The molecule has 4 N–H and O–H groups in total. The molecule has 224 valence electrons. The summed E-state index contributed by atoms with van der Waals surface area (Å²) in [6.45, 7) is 0. The first-order chi connectivity index (χ1) is 20.9. The monoisotopic (exact) mass is 662 g/mol. The molecule has 20 heteroatoms. The maximum absolute atomic E-state index is 13.1. The summed E-state index contributed by atoms with van der Waals surface area (Å²) >= 11 is 12.4. The lowest BCUT2D eigenvalue weighted by Crippen LogP contribution is -2.22. The van der Waals surface area contributed by atoms with Crippen LogP contribution in [-0.4, -0.2) is 34.9 Å². The summed E-state index contributed by atoms with van der Waals surface area (Å²) in [7, 11) is 0. The van der Waals surface area contributed by atoms with E-state index < -0.39 is 21.6 Å². The Hall–Kier alpha value is -5.27. The fourth-order valence-electron chi connectivity index (χ4n) is 3.68. The standard InChI is InChI=1S/C24H14ClF3N10O4S2/c25-12-10-11(24(26,27)28)8-9-13(12)29-19-32-20(35-22(43)30-14-4-1-2-5-15(14)37(39)40)34-21(33-19)36-23-31-18-16(38(41)42)6-3-7-17(18)44-23/h1-10H,(H4,29,30,31,32,33,34,35,36,43). The number of nitrogens with zero attached hydrogens (tertiary/aromatic N) is 6. The second-order valence-corrected chi connectivity index (χ2v) is 10.3. The molecule has 2 heterocycles. The highest BCUT2D eigenvalue weighted by Gasteiger charge is 2.31. The van der Waals surface area contributed by atoms with Crippen LogP contribution in [0.15, 0.2) is 60.7 Å². The summed E-state index contributed by atoms with van der Waals surface area (Å²) in [5, 5.41) is 33.4. The SMILES string of the molecule is O=[N+]([O-])c1ccccc1NC(=S)Nc1nc(Nc2nc3c([N+](=O)[O-])cccc3s2)nc(Nc2ccc(C(F)(F)F)cc2Cl)n1. The van der Waals surface area contributed by atoms with Crippen LogP contribution in [0.4, 0.5) is 58.9 Å². The lowest BCUT2D eigenvalue weighted by molar-refractivity contribution is -0.383. The molecule has 0 spiro atoms. The van der Waals surface area contributed by atoms with E-state index in [2.05, 4.69) is 41.2 Å². The summed E-state index contributed by atoms with van der Waals surface area (Å²) in [6.07, 6.45) is -4.62. The van der Waals surface area contributed by atoms with Gasteiger partial charge >= 0.3 is 6.18 Å². The van der Waals surface area contributed by atoms with Gasteiger partial charge < -0.3 is 16.0 Å². The number of para-hydroxylation sites is 3. The average Bonchev–Trinajstić information content (AvgIpc) is 3.36. The molecule has 0 fully saturated rings. The molecule has 0 radical (unpaired) electrons. The highest BCUT2D eigenvalue weighted by atomic mass is 35.5. The van der Waals surface area contributed by atoms with Gasteiger partial charge in [-0.1, -0.05) is 41.1 Å². The van der Waals surface area contributed by atoms with Crippen LogP contribution >= 0.6 is 35.2 Å². The Balaban J connectivity index is 1.47. The summed E-state index contributed by atoms with van der Waals surface area (Å²) < 4.78 is 39.8. The number of hydrogen-bond donors (Lipinski definition) is 4. The Morgan fingerprint density at radius 1 is 0.818 bits per heavy atom. The van der Waals surface area contributed by atoms with E-state index in [1.165, 1.54) is 30.3 Å². The number of aromatic nitrogens is 4. The molecule has 0 unspecified atom stereocenters. The van der Waals surface area contributed by atoms with Gasteiger partial charge in [0, 0.05) is 12.1 Å². The third-order valence-corrected chi connectivity index (χ3v) is 7.02. The molecular formula is C24H14ClF3N10O4S2. The number of halogens is 4.